The van der Waals surface area contributed by atoms with Gasteiger partial charge in [-0.1, -0.05) is 47.6 Å². The molecule has 43 heavy (non-hydrogen) atoms. The number of carbonyl (C=O) groups excluding carboxylic acids is 4. The van der Waals surface area contributed by atoms with E-state index >= 15 is 0 Å². The van der Waals surface area contributed by atoms with Gasteiger partial charge in [0.05, 0.1) is 7.11 Å². The van der Waals surface area contributed by atoms with Crippen LogP contribution in [0.1, 0.15) is 56.6 Å². The molecule has 0 aliphatic carbocycles. The Hall–Kier alpha value is -4.67. The molecule has 1 aromatic heterocycles. The second-order valence-corrected chi connectivity index (χ2v) is 10.5. The van der Waals surface area contributed by atoms with Crippen molar-refractivity contribution in [3.8, 4) is 11.5 Å². The molecule has 0 radical (unpaired) electrons. The van der Waals surface area contributed by atoms with E-state index in [4.69, 9.17) is 18.9 Å². The molecular formula is C32H38N2O9. The predicted molar refractivity (Wildman–Crippen MR) is 156 cm³/mol. The number of nitrogens with one attached hydrogen (secondary N) is 1. The molecule has 1 aliphatic heterocycles. The largest absolute Gasteiger partial charge is 0.503 e. The average molecular weight is 595 g/mol. The maximum absolute atomic E-state index is 13.5. The van der Waals surface area contributed by atoms with Crippen molar-refractivity contribution in [1.82, 2.24) is 10.3 Å². The number of carbonyl (C=O) groups is 4. The lowest BCUT2D eigenvalue weighted by atomic mass is 9.91. The van der Waals surface area contributed by atoms with Crippen molar-refractivity contribution in [1.29, 1.82) is 0 Å². The number of aromatic hydroxyl groups is 1. The van der Waals surface area contributed by atoms with Crippen molar-refractivity contribution in [2.24, 2.45) is 5.92 Å². The number of ether oxygens (including phenoxy) is 4. The Morgan fingerprint density at radius 1 is 1.12 bits per heavy atom. The molecule has 1 amide bonds. The predicted octanol–water partition coefficient (Wildman–Crippen LogP) is 3.85. The minimum atomic E-state index is -1.43. The molecule has 1 aromatic carbocycles. The normalized spacial score (nSPS) is 20.8. The van der Waals surface area contributed by atoms with E-state index in [0.717, 1.165) is 17.6 Å². The maximum Gasteiger partial charge on any atom is 0.332 e. The monoisotopic (exact) mass is 594 g/mol. The van der Waals surface area contributed by atoms with Crippen LogP contribution in [0.25, 0.3) is 0 Å². The number of allylic oxidation sites excluding steroid dienone is 3. The highest BCUT2D eigenvalue weighted by molar-refractivity contribution is 5.98. The number of benzene rings is 1. The van der Waals surface area contributed by atoms with Crippen LogP contribution in [0, 0.1) is 5.92 Å². The Bertz CT molecular complexity index is 1370. The number of amides is 1. The summed E-state index contributed by atoms with van der Waals surface area (Å²) in [5.74, 6) is -4.80. The molecule has 0 saturated carbocycles. The van der Waals surface area contributed by atoms with Crippen LogP contribution in [0.5, 0.6) is 11.5 Å². The molecule has 11 heteroatoms. The van der Waals surface area contributed by atoms with Crippen LogP contribution in [0.3, 0.4) is 0 Å². The zero-order chi connectivity index (χ0) is 31.5. The topological polar surface area (TPSA) is 150 Å². The Labute approximate surface area is 250 Å². The van der Waals surface area contributed by atoms with E-state index in [-0.39, 0.29) is 12.2 Å². The van der Waals surface area contributed by atoms with Gasteiger partial charge >= 0.3 is 17.9 Å². The molecule has 1 saturated heterocycles. The first-order chi connectivity index (χ1) is 20.5. The molecule has 4 atom stereocenters. The van der Waals surface area contributed by atoms with Crippen molar-refractivity contribution in [2.75, 3.05) is 13.7 Å². The summed E-state index contributed by atoms with van der Waals surface area (Å²) in [5.41, 5.74) is 2.34. The second kappa shape index (κ2) is 15.5. The van der Waals surface area contributed by atoms with Crippen LogP contribution in [-0.2, 0) is 35.0 Å². The number of esters is 3. The molecule has 1 fully saturated rings. The lowest BCUT2D eigenvalue weighted by Gasteiger charge is -2.29. The molecule has 2 aromatic rings. The van der Waals surface area contributed by atoms with Gasteiger partial charge in [-0.3, -0.25) is 9.59 Å². The summed E-state index contributed by atoms with van der Waals surface area (Å²) in [4.78, 5) is 56.4. The fourth-order valence-corrected chi connectivity index (χ4v) is 4.50. The van der Waals surface area contributed by atoms with Crippen molar-refractivity contribution in [3.05, 3.63) is 77.2 Å². The third kappa shape index (κ3) is 9.42. The highest BCUT2D eigenvalue weighted by atomic mass is 16.6. The number of nitrogens with zero attached hydrogens (tertiary/aromatic N) is 1. The van der Waals surface area contributed by atoms with Gasteiger partial charge in [0.25, 0.3) is 5.91 Å². The van der Waals surface area contributed by atoms with Crippen molar-refractivity contribution in [3.63, 3.8) is 0 Å². The smallest absolute Gasteiger partial charge is 0.332 e. The Kier molecular flexibility index (Phi) is 11.9. The third-order valence-corrected chi connectivity index (χ3v) is 6.77. The molecule has 2 N–H and O–H groups in total. The molecule has 230 valence electrons. The van der Waals surface area contributed by atoms with E-state index in [1.807, 2.05) is 51.1 Å². The molecule has 3 rings (SSSR count). The number of rotatable bonds is 10. The first kappa shape index (κ1) is 32.8. The van der Waals surface area contributed by atoms with Crippen molar-refractivity contribution >= 4 is 23.8 Å². The van der Waals surface area contributed by atoms with Gasteiger partial charge in [-0.15, -0.1) is 0 Å². The van der Waals surface area contributed by atoms with E-state index < -0.39 is 66.0 Å². The molecule has 11 nitrogen and oxygen atoms in total. The standard InChI is InChI=1S/C32H38N2O9/c1-19(2)10-9-11-20(3)16-26(35)43-29-21(4)42-32(39)24(34-30(37)27-28(36)25(40-5)14-15-33-27)18-41-31(38)23(29)17-22-12-7-6-8-13-22/h6-8,10,12-16,21,23-24,29,36H,9,11,17-18H2,1-5H3,(H,34,37)/b20-16+/t21-,23+,24-,29-/m0/s1. The van der Waals surface area contributed by atoms with E-state index in [2.05, 4.69) is 16.4 Å². The minimum Gasteiger partial charge on any atom is -0.503 e. The molecule has 1 aliphatic rings. The van der Waals surface area contributed by atoms with Gasteiger partial charge in [-0.2, -0.15) is 0 Å². The number of methoxy groups -OCH3 is 1. The first-order valence-corrected chi connectivity index (χ1v) is 13.9. The van der Waals surface area contributed by atoms with Crippen LogP contribution < -0.4 is 10.1 Å². The van der Waals surface area contributed by atoms with Gasteiger partial charge in [-0.05, 0) is 52.5 Å². The lowest BCUT2D eigenvalue weighted by Crippen LogP contribution is -2.46. The molecule has 2 heterocycles. The zero-order valence-corrected chi connectivity index (χ0v) is 25.0. The highest BCUT2D eigenvalue weighted by Crippen LogP contribution is 2.28. The summed E-state index contributed by atoms with van der Waals surface area (Å²) in [5, 5.41) is 12.7. The summed E-state index contributed by atoms with van der Waals surface area (Å²) >= 11 is 0. The van der Waals surface area contributed by atoms with Gasteiger partial charge in [-0.25, -0.2) is 14.6 Å². The van der Waals surface area contributed by atoms with E-state index in [1.165, 1.54) is 37.9 Å². The highest BCUT2D eigenvalue weighted by Gasteiger charge is 2.42. The van der Waals surface area contributed by atoms with Gasteiger partial charge in [0, 0.05) is 18.3 Å². The number of hydrogen-bond acceptors (Lipinski definition) is 10. The number of pyridine rings is 1. The molecule has 0 spiro atoms. The van der Waals surface area contributed by atoms with Gasteiger partial charge in [0.2, 0.25) is 0 Å². The van der Waals surface area contributed by atoms with Crippen molar-refractivity contribution < 1.29 is 43.2 Å². The first-order valence-electron chi connectivity index (χ1n) is 13.9. The minimum absolute atomic E-state index is 0.00637. The molecule has 0 bridgehead atoms. The second-order valence-electron chi connectivity index (χ2n) is 10.5. The van der Waals surface area contributed by atoms with Gasteiger partial charge in [0.1, 0.15) is 18.6 Å². The Morgan fingerprint density at radius 3 is 2.51 bits per heavy atom. The van der Waals surface area contributed by atoms with E-state index in [1.54, 1.807) is 0 Å². The van der Waals surface area contributed by atoms with Crippen LogP contribution in [0.4, 0.5) is 0 Å². The summed E-state index contributed by atoms with van der Waals surface area (Å²) in [6.07, 6.45) is 3.95. The fourth-order valence-electron chi connectivity index (χ4n) is 4.50. The average Bonchev–Trinajstić information content (AvgIpc) is 2.99. The summed E-state index contributed by atoms with van der Waals surface area (Å²) in [7, 11) is 1.31. The van der Waals surface area contributed by atoms with E-state index in [9.17, 15) is 24.3 Å². The van der Waals surface area contributed by atoms with E-state index in [0.29, 0.717) is 6.42 Å². The fraction of sp³-hybridized carbons (Fsp3) is 0.406. The van der Waals surface area contributed by atoms with Gasteiger partial charge < -0.3 is 29.4 Å². The zero-order valence-electron chi connectivity index (χ0n) is 25.0. The Morgan fingerprint density at radius 2 is 1.84 bits per heavy atom. The number of hydrogen-bond donors (Lipinski definition) is 2. The van der Waals surface area contributed by atoms with Gasteiger partial charge in [0.15, 0.2) is 29.3 Å². The quantitative estimate of drug-likeness (QED) is 0.180. The third-order valence-electron chi connectivity index (χ3n) is 6.77. The summed E-state index contributed by atoms with van der Waals surface area (Å²) < 4.78 is 21.9. The van der Waals surface area contributed by atoms with Crippen LogP contribution >= 0.6 is 0 Å². The SMILES string of the molecule is COc1ccnc(C(=O)N[C@H]2COC(=O)[C@H](Cc3ccccc3)[C@@H](OC(=O)/C=C(\C)CCC=C(C)C)[C@H](C)OC2=O)c1O. The van der Waals surface area contributed by atoms with Crippen LogP contribution in [-0.4, -0.2) is 65.9 Å². The van der Waals surface area contributed by atoms with Crippen LogP contribution in [0.2, 0.25) is 0 Å². The Balaban J connectivity index is 1.86. The number of aromatic nitrogens is 1. The number of cyclic esters (lactones) is 2. The lowest BCUT2D eigenvalue weighted by molar-refractivity contribution is -0.171. The van der Waals surface area contributed by atoms with Crippen molar-refractivity contribution in [2.45, 2.75) is 65.2 Å². The maximum atomic E-state index is 13.5. The summed E-state index contributed by atoms with van der Waals surface area (Å²) in [6, 6.07) is 9.02. The molecular weight excluding hydrogens is 556 g/mol. The van der Waals surface area contributed by atoms with Crippen LogP contribution in [0.15, 0.2) is 65.9 Å². The summed E-state index contributed by atoms with van der Waals surface area (Å²) in [6.45, 7) is 6.75. The molecule has 0 unspecified atom stereocenters.